The molecule has 2 rings (SSSR count). The van der Waals surface area contributed by atoms with Gasteiger partial charge in [0.2, 0.25) is 0 Å². The van der Waals surface area contributed by atoms with Crippen LogP contribution in [0, 0.1) is 0 Å². The third kappa shape index (κ3) is 1.64. The second kappa shape index (κ2) is 4.09. The summed E-state index contributed by atoms with van der Waals surface area (Å²) in [6.45, 7) is 2.61. The zero-order valence-electron chi connectivity index (χ0n) is 7.51. The molecule has 0 amide bonds. The van der Waals surface area contributed by atoms with Crippen LogP contribution in [0.3, 0.4) is 0 Å². The van der Waals surface area contributed by atoms with Crippen LogP contribution >= 0.6 is 38.9 Å². The van der Waals surface area contributed by atoms with Crippen molar-refractivity contribution in [2.24, 2.45) is 0 Å². The number of thiophene rings is 1. The Balaban J connectivity index is 2.73. The summed E-state index contributed by atoms with van der Waals surface area (Å²) in [5.74, 6) is 0.844. The fourth-order valence-corrected chi connectivity index (χ4v) is 2.84. The van der Waals surface area contributed by atoms with E-state index in [9.17, 15) is 0 Å². The van der Waals surface area contributed by atoms with Crippen molar-refractivity contribution in [2.45, 2.75) is 6.92 Å². The lowest BCUT2D eigenvalue weighted by Crippen LogP contribution is -1.93. The number of hydrogen-bond donors (Lipinski definition) is 0. The van der Waals surface area contributed by atoms with Crippen molar-refractivity contribution in [1.82, 2.24) is 0 Å². The van der Waals surface area contributed by atoms with E-state index in [1.807, 2.05) is 24.4 Å². The molecule has 0 fully saturated rings. The Morgan fingerprint density at radius 3 is 3.07 bits per heavy atom. The molecule has 1 aromatic heterocycles. The molecule has 0 aliphatic rings. The Labute approximate surface area is 99.8 Å². The van der Waals surface area contributed by atoms with Crippen molar-refractivity contribution in [2.75, 3.05) is 6.61 Å². The number of ether oxygens (including phenoxy) is 1. The lowest BCUT2D eigenvalue weighted by molar-refractivity contribution is 0.342. The zero-order chi connectivity index (χ0) is 10.1. The molecule has 0 bridgehead atoms. The van der Waals surface area contributed by atoms with Crippen LogP contribution in [0.25, 0.3) is 10.1 Å². The third-order valence-electron chi connectivity index (χ3n) is 1.90. The maximum atomic E-state index is 6.07. The van der Waals surface area contributed by atoms with Gasteiger partial charge in [0.25, 0.3) is 0 Å². The van der Waals surface area contributed by atoms with Crippen LogP contribution in [0.1, 0.15) is 6.92 Å². The SMILES string of the molecule is CCOc1c(Br)c(Cl)cc2sccc12. The molecule has 0 spiro atoms. The lowest BCUT2D eigenvalue weighted by atomic mass is 10.2. The van der Waals surface area contributed by atoms with Crippen molar-refractivity contribution < 1.29 is 4.74 Å². The minimum atomic E-state index is 0.643. The topological polar surface area (TPSA) is 9.23 Å². The predicted octanol–water partition coefficient (Wildman–Crippen LogP) is 4.72. The third-order valence-corrected chi connectivity index (χ3v) is 4.07. The highest BCUT2D eigenvalue weighted by Crippen LogP contribution is 2.41. The Bertz CT molecular complexity index is 466. The number of hydrogen-bond acceptors (Lipinski definition) is 2. The fraction of sp³-hybridized carbons (Fsp3) is 0.200. The molecular weight excluding hydrogens is 284 g/mol. The number of fused-ring (bicyclic) bond motifs is 1. The molecule has 0 aliphatic carbocycles. The molecule has 0 radical (unpaired) electrons. The van der Waals surface area contributed by atoms with Gasteiger partial charge in [-0.3, -0.25) is 0 Å². The summed E-state index contributed by atoms with van der Waals surface area (Å²) in [6, 6.07) is 4.00. The summed E-state index contributed by atoms with van der Waals surface area (Å²) in [4.78, 5) is 0. The average Bonchev–Trinajstić information content (AvgIpc) is 2.60. The Morgan fingerprint density at radius 1 is 1.57 bits per heavy atom. The number of rotatable bonds is 2. The molecule has 0 saturated heterocycles. The second-order valence-corrected chi connectivity index (χ2v) is 4.91. The van der Waals surface area contributed by atoms with Gasteiger partial charge in [0.1, 0.15) is 5.75 Å². The van der Waals surface area contributed by atoms with Crippen LogP contribution in [0.5, 0.6) is 5.75 Å². The summed E-state index contributed by atoms with van der Waals surface area (Å²) in [5, 5.41) is 3.85. The van der Waals surface area contributed by atoms with E-state index < -0.39 is 0 Å². The van der Waals surface area contributed by atoms with E-state index in [-0.39, 0.29) is 0 Å². The normalized spacial score (nSPS) is 10.8. The molecule has 1 nitrogen and oxygen atoms in total. The summed E-state index contributed by atoms with van der Waals surface area (Å²) in [5.41, 5.74) is 0. The molecular formula is C10H8BrClOS. The van der Waals surface area contributed by atoms with Gasteiger partial charge in [0.05, 0.1) is 16.1 Å². The average molecular weight is 292 g/mol. The van der Waals surface area contributed by atoms with Gasteiger partial charge in [-0.1, -0.05) is 11.6 Å². The van der Waals surface area contributed by atoms with E-state index in [1.54, 1.807) is 11.3 Å². The van der Waals surface area contributed by atoms with Crippen LogP contribution in [0.4, 0.5) is 0 Å². The van der Waals surface area contributed by atoms with E-state index in [4.69, 9.17) is 16.3 Å². The first-order chi connectivity index (χ1) is 6.74. The largest absolute Gasteiger partial charge is 0.492 e. The van der Waals surface area contributed by atoms with Gasteiger partial charge in [-0.15, -0.1) is 11.3 Å². The molecule has 2 aromatic rings. The van der Waals surface area contributed by atoms with Crippen LogP contribution in [-0.4, -0.2) is 6.61 Å². The smallest absolute Gasteiger partial charge is 0.143 e. The van der Waals surface area contributed by atoms with Crippen molar-refractivity contribution in [1.29, 1.82) is 0 Å². The maximum absolute atomic E-state index is 6.07. The van der Waals surface area contributed by atoms with Crippen LogP contribution in [0.15, 0.2) is 22.0 Å². The fourth-order valence-electron chi connectivity index (χ4n) is 1.31. The van der Waals surface area contributed by atoms with Crippen molar-refractivity contribution in [3.05, 3.63) is 27.0 Å². The first-order valence-corrected chi connectivity index (χ1v) is 6.27. The zero-order valence-corrected chi connectivity index (χ0v) is 10.7. The minimum Gasteiger partial charge on any atom is -0.492 e. The highest BCUT2D eigenvalue weighted by atomic mass is 79.9. The Morgan fingerprint density at radius 2 is 2.36 bits per heavy atom. The van der Waals surface area contributed by atoms with Crippen LogP contribution in [-0.2, 0) is 0 Å². The minimum absolute atomic E-state index is 0.643. The summed E-state index contributed by atoms with van der Waals surface area (Å²) >= 11 is 11.2. The van der Waals surface area contributed by atoms with E-state index in [0.29, 0.717) is 11.6 Å². The molecule has 0 N–H and O–H groups in total. The summed E-state index contributed by atoms with van der Waals surface area (Å²) in [6.07, 6.45) is 0. The molecule has 0 atom stereocenters. The molecule has 1 heterocycles. The molecule has 0 saturated carbocycles. The maximum Gasteiger partial charge on any atom is 0.143 e. The van der Waals surface area contributed by atoms with Crippen LogP contribution < -0.4 is 4.74 Å². The molecule has 14 heavy (non-hydrogen) atoms. The molecule has 74 valence electrons. The van der Waals surface area contributed by atoms with Crippen LogP contribution in [0.2, 0.25) is 5.02 Å². The standard InChI is InChI=1S/C10H8BrClOS/c1-2-13-10-6-3-4-14-8(6)5-7(12)9(10)11/h3-5H,2H2,1H3. The van der Waals surface area contributed by atoms with Crippen molar-refractivity contribution >= 4 is 49.0 Å². The van der Waals surface area contributed by atoms with E-state index >= 15 is 0 Å². The first-order valence-electron chi connectivity index (χ1n) is 4.22. The second-order valence-electron chi connectivity index (χ2n) is 2.77. The molecule has 0 unspecified atom stereocenters. The monoisotopic (exact) mass is 290 g/mol. The van der Waals surface area contributed by atoms with Gasteiger partial charge in [-0.05, 0) is 40.4 Å². The van der Waals surface area contributed by atoms with Gasteiger partial charge in [-0.25, -0.2) is 0 Å². The lowest BCUT2D eigenvalue weighted by Gasteiger charge is -2.08. The van der Waals surface area contributed by atoms with Gasteiger partial charge >= 0.3 is 0 Å². The Kier molecular flexibility index (Phi) is 3.00. The van der Waals surface area contributed by atoms with E-state index in [2.05, 4.69) is 15.9 Å². The van der Waals surface area contributed by atoms with E-state index in [0.717, 1.165) is 20.3 Å². The van der Waals surface area contributed by atoms with Crippen molar-refractivity contribution in [3.63, 3.8) is 0 Å². The van der Waals surface area contributed by atoms with Gasteiger partial charge in [0, 0.05) is 10.1 Å². The highest BCUT2D eigenvalue weighted by Gasteiger charge is 2.11. The first kappa shape index (κ1) is 10.3. The molecule has 4 heteroatoms. The number of halogens is 2. The Hall–Kier alpha value is -0.250. The number of benzene rings is 1. The molecule has 0 aliphatic heterocycles. The van der Waals surface area contributed by atoms with Gasteiger partial charge in [0.15, 0.2) is 0 Å². The van der Waals surface area contributed by atoms with Gasteiger partial charge < -0.3 is 4.74 Å². The quantitative estimate of drug-likeness (QED) is 0.778. The predicted molar refractivity (Wildman–Crippen MR) is 65.7 cm³/mol. The highest BCUT2D eigenvalue weighted by molar-refractivity contribution is 9.10. The van der Waals surface area contributed by atoms with Crippen molar-refractivity contribution in [3.8, 4) is 5.75 Å². The summed E-state index contributed by atoms with van der Waals surface area (Å²) in [7, 11) is 0. The molecule has 1 aromatic carbocycles. The van der Waals surface area contributed by atoms with Gasteiger partial charge in [-0.2, -0.15) is 0 Å². The van der Waals surface area contributed by atoms with E-state index in [1.165, 1.54) is 0 Å². The summed E-state index contributed by atoms with van der Waals surface area (Å²) < 4.78 is 7.56.